The topological polar surface area (TPSA) is 90.7 Å². The Labute approximate surface area is 98.3 Å². The molecule has 6 heteroatoms. The summed E-state index contributed by atoms with van der Waals surface area (Å²) in [7, 11) is 0. The SMILES string of the molecule is NC1CCC(c2nc(-c3ccncn3)no2)C1. The van der Waals surface area contributed by atoms with Gasteiger partial charge < -0.3 is 10.3 Å². The Balaban J connectivity index is 1.84. The van der Waals surface area contributed by atoms with Gasteiger partial charge in [0.1, 0.15) is 12.0 Å². The molecule has 0 aromatic carbocycles. The Bertz CT molecular complexity index is 498. The summed E-state index contributed by atoms with van der Waals surface area (Å²) in [5.41, 5.74) is 6.55. The number of nitrogens with zero attached hydrogens (tertiary/aromatic N) is 4. The minimum Gasteiger partial charge on any atom is -0.339 e. The third kappa shape index (κ3) is 2.03. The van der Waals surface area contributed by atoms with Crippen LogP contribution in [0.25, 0.3) is 11.5 Å². The highest BCUT2D eigenvalue weighted by atomic mass is 16.5. The highest BCUT2D eigenvalue weighted by Crippen LogP contribution is 2.33. The fourth-order valence-corrected chi connectivity index (χ4v) is 2.17. The molecule has 0 aliphatic heterocycles. The van der Waals surface area contributed by atoms with Gasteiger partial charge in [0.15, 0.2) is 0 Å². The van der Waals surface area contributed by atoms with Crippen LogP contribution in [0.15, 0.2) is 23.1 Å². The average molecular weight is 231 g/mol. The smallest absolute Gasteiger partial charge is 0.230 e. The summed E-state index contributed by atoms with van der Waals surface area (Å²) < 4.78 is 5.27. The zero-order chi connectivity index (χ0) is 11.7. The predicted octanol–water partition coefficient (Wildman–Crippen LogP) is 1.12. The van der Waals surface area contributed by atoms with Gasteiger partial charge in [0, 0.05) is 18.2 Å². The van der Waals surface area contributed by atoms with E-state index in [1.807, 2.05) is 0 Å². The van der Waals surface area contributed by atoms with E-state index >= 15 is 0 Å². The molecule has 2 aromatic heterocycles. The second-order valence-corrected chi connectivity index (χ2v) is 4.32. The van der Waals surface area contributed by atoms with Crippen LogP contribution in [-0.2, 0) is 0 Å². The Morgan fingerprint density at radius 1 is 1.35 bits per heavy atom. The van der Waals surface area contributed by atoms with Gasteiger partial charge in [-0.2, -0.15) is 4.98 Å². The first-order valence-electron chi connectivity index (χ1n) is 5.68. The molecule has 2 atom stereocenters. The maximum absolute atomic E-state index is 5.87. The predicted molar refractivity (Wildman–Crippen MR) is 59.9 cm³/mol. The van der Waals surface area contributed by atoms with Gasteiger partial charge in [0.05, 0.1) is 0 Å². The van der Waals surface area contributed by atoms with Crippen LogP contribution in [-0.4, -0.2) is 26.2 Å². The van der Waals surface area contributed by atoms with Crippen molar-refractivity contribution in [2.45, 2.75) is 31.2 Å². The average Bonchev–Trinajstić information content (AvgIpc) is 2.98. The van der Waals surface area contributed by atoms with E-state index in [0.717, 1.165) is 19.3 Å². The number of rotatable bonds is 2. The second kappa shape index (κ2) is 4.21. The lowest BCUT2D eigenvalue weighted by atomic mass is 10.1. The largest absolute Gasteiger partial charge is 0.339 e. The molecular weight excluding hydrogens is 218 g/mol. The zero-order valence-electron chi connectivity index (χ0n) is 9.28. The number of nitrogens with two attached hydrogens (primary N) is 1. The minimum atomic E-state index is 0.259. The highest BCUT2D eigenvalue weighted by Gasteiger charge is 2.28. The Morgan fingerprint density at radius 2 is 2.29 bits per heavy atom. The molecular formula is C11H13N5O. The Morgan fingerprint density at radius 3 is 3.00 bits per heavy atom. The van der Waals surface area contributed by atoms with Crippen molar-refractivity contribution in [1.29, 1.82) is 0 Å². The lowest BCUT2D eigenvalue weighted by Crippen LogP contribution is -2.14. The molecule has 0 radical (unpaired) electrons. The summed E-state index contributed by atoms with van der Waals surface area (Å²) in [6, 6.07) is 2.02. The van der Waals surface area contributed by atoms with Crippen LogP contribution >= 0.6 is 0 Å². The van der Waals surface area contributed by atoms with Crippen molar-refractivity contribution in [2.24, 2.45) is 5.73 Å². The molecule has 2 aromatic rings. The Kier molecular flexibility index (Phi) is 2.56. The molecule has 2 N–H and O–H groups in total. The van der Waals surface area contributed by atoms with Crippen LogP contribution in [0.5, 0.6) is 0 Å². The summed E-state index contributed by atoms with van der Waals surface area (Å²) in [5, 5.41) is 3.94. The normalized spacial score (nSPS) is 24.1. The minimum absolute atomic E-state index is 0.259. The van der Waals surface area contributed by atoms with E-state index in [0.29, 0.717) is 23.3 Å². The summed E-state index contributed by atoms with van der Waals surface area (Å²) in [6.45, 7) is 0. The summed E-state index contributed by atoms with van der Waals surface area (Å²) in [6.07, 6.45) is 6.09. The van der Waals surface area contributed by atoms with Gasteiger partial charge in [-0.3, -0.25) is 0 Å². The van der Waals surface area contributed by atoms with Crippen LogP contribution in [0.1, 0.15) is 31.1 Å². The fourth-order valence-electron chi connectivity index (χ4n) is 2.17. The van der Waals surface area contributed by atoms with E-state index in [9.17, 15) is 0 Å². The third-order valence-electron chi connectivity index (χ3n) is 3.08. The van der Waals surface area contributed by atoms with Crippen molar-refractivity contribution < 1.29 is 4.52 Å². The number of hydrogen-bond acceptors (Lipinski definition) is 6. The van der Waals surface area contributed by atoms with E-state index in [1.165, 1.54) is 6.33 Å². The van der Waals surface area contributed by atoms with Crippen LogP contribution in [0.2, 0.25) is 0 Å². The van der Waals surface area contributed by atoms with Crippen molar-refractivity contribution in [3.8, 4) is 11.5 Å². The first-order chi connectivity index (χ1) is 8.33. The van der Waals surface area contributed by atoms with Crippen LogP contribution < -0.4 is 5.73 Å². The molecule has 1 aliphatic carbocycles. The molecule has 88 valence electrons. The second-order valence-electron chi connectivity index (χ2n) is 4.32. The lowest BCUT2D eigenvalue weighted by Gasteiger charge is -2.01. The van der Waals surface area contributed by atoms with Crippen molar-refractivity contribution in [1.82, 2.24) is 20.1 Å². The quantitative estimate of drug-likeness (QED) is 0.832. The van der Waals surface area contributed by atoms with Gasteiger partial charge in [0.25, 0.3) is 0 Å². The van der Waals surface area contributed by atoms with Crippen molar-refractivity contribution in [3.63, 3.8) is 0 Å². The molecule has 0 amide bonds. The number of aromatic nitrogens is 4. The molecule has 17 heavy (non-hydrogen) atoms. The zero-order valence-corrected chi connectivity index (χ0v) is 9.28. The first kappa shape index (κ1) is 10.3. The monoisotopic (exact) mass is 231 g/mol. The summed E-state index contributed by atoms with van der Waals surface area (Å²) in [4.78, 5) is 12.3. The van der Waals surface area contributed by atoms with Gasteiger partial charge in [-0.25, -0.2) is 9.97 Å². The molecule has 1 saturated carbocycles. The van der Waals surface area contributed by atoms with Gasteiger partial charge >= 0.3 is 0 Å². The van der Waals surface area contributed by atoms with Gasteiger partial charge in [-0.15, -0.1) is 0 Å². The standard InChI is InChI=1S/C11H13N5O/c12-8-2-1-7(5-8)11-15-10(16-17-11)9-3-4-13-6-14-9/h3-4,6-8H,1-2,5,12H2. The van der Waals surface area contributed by atoms with E-state index in [1.54, 1.807) is 12.3 Å². The third-order valence-corrected chi connectivity index (χ3v) is 3.08. The van der Waals surface area contributed by atoms with Crippen LogP contribution in [0, 0.1) is 0 Å². The van der Waals surface area contributed by atoms with Gasteiger partial charge in [-0.1, -0.05) is 5.16 Å². The number of hydrogen-bond donors (Lipinski definition) is 1. The molecule has 6 nitrogen and oxygen atoms in total. The first-order valence-corrected chi connectivity index (χ1v) is 5.68. The fraction of sp³-hybridized carbons (Fsp3) is 0.455. The lowest BCUT2D eigenvalue weighted by molar-refractivity contribution is 0.353. The molecule has 2 unspecified atom stereocenters. The molecule has 1 fully saturated rings. The van der Waals surface area contributed by atoms with Crippen molar-refractivity contribution in [2.75, 3.05) is 0 Å². The summed E-state index contributed by atoms with van der Waals surface area (Å²) in [5.74, 6) is 1.49. The van der Waals surface area contributed by atoms with E-state index in [4.69, 9.17) is 10.3 Å². The van der Waals surface area contributed by atoms with Crippen LogP contribution in [0.3, 0.4) is 0 Å². The van der Waals surface area contributed by atoms with Gasteiger partial charge in [0.2, 0.25) is 11.7 Å². The van der Waals surface area contributed by atoms with Crippen LogP contribution in [0.4, 0.5) is 0 Å². The molecule has 0 bridgehead atoms. The highest BCUT2D eigenvalue weighted by molar-refractivity contribution is 5.46. The maximum atomic E-state index is 5.87. The molecule has 3 rings (SSSR count). The summed E-state index contributed by atoms with van der Waals surface area (Å²) >= 11 is 0. The maximum Gasteiger partial charge on any atom is 0.230 e. The van der Waals surface area contributed by atoms with Gasteiger partial charge in [-0.05, 0) is 25.3 Å². The molecule has 0 spiro atoms. The van der Waals surface area contributed by atoms with E-state index < -0.39 is 0 Å². The van der Waals surface area contributed by atoms with Crippen molar-refractivity contribution >= 4 is 0 Å². The van der Waals surface area contributed by atoms with Crippen molar-refractivity contribution in [3.05, 3.63) is 24.5 Å². The molecule has 0 saturated heterocycles. The Hall–Kier alpha value is -1.82. The van der Waals surface area contributed by atoms with E-state index in [2.05, 4.69) is 20.1 Å². The molecule has 1 aliphatic rings. The molecule has 2 heterocycles. The van der Waals surface area contributed by atoms with E-state index in [-0.39, 0.29) is 6.04 Å².